The van der Waals surface area contributed by atoms with E-state index in [0.29, 0.717) is 32.2 Å². The van der Waals surface area contributed by atoms with Crippen molar-refractivity contribution in [3.05, 3.63) is 30.6 Å². The van der Waals surface area contributed by atoms with E-state index in [2.05, 4.69) is 5.32 Å². The van der Waals surface area contributed by atoms with E-state index in [9.17, 15) is 4.79 Å². The molecule has 7 nitrogen and oxygen atoms in total. The van der Waals surface area contributed by atoms with E-state index in [0.717, 1.165) is 0 Å². The van der Waals surface area contributed by atoms with Crippen molar-refractivity contribution in [3.63, 3.8) is 0 Å². The minimum absolute atomic E-state index is 0.327. The number of carbonyl (C=O) groups excluding carboxylic acids is 1. The molecule has 124 valence electrons. The van der Waals surface area contributed by atoms with E-state index in [1.54, 1.807) is 21.3 Å². The molecule has 8 heteroatoms. The topological polar surface area (TPSA) is 69.9 Å². The third kappa shape index (κ3) is 6.52. The first-order chi connectivity index (χ1) is 10.7. The Labute approximate surface area is 132 Å². The summed E-state index contributed by atoms with van der Waals surface area (Å²) < 4.78 is 23.0. The number of ether oxygens (including phenoxy) is 1. The first-order valence-corrected chi connectivity index (χ1v) is 9.09. The summed E-state index contributed by atoms with van der Waals surface area (Å²) in [5.74, 6) is 0. The molecule has 0 spiro atoms. The smallest absolute Gasteiger partial charge is 0.443 e. The Balaban J connectivity index is 2.13. The van der Waals surface area contributed by atoms with Gasteiger partial charge >= 0.3 is 14.9 Å². The van der Waals surface area contributed by atoms with Crippen LogP contribution >= 0.6 is 0 Å². The molecule has 0 atom stereocenters. The fourth-order valence-corrected chi connectivity index (χ4v) is 3.65. The molecule has 1 amide bonds. The zero-order chi connectivity index (χ0) is 16.3. The lowest BCUT2D eigenvalue weighted by Gasteiger charge is -2.24. The van der Waals surface area contributed by atoms with Gasteiger partial charge in [0.1, 0.15) is 0 Å². The van der Waals surface area contributed by atoms with Crippen LogP contribution in [0.4, 0.5) is 4.79 Å². The lowest BCUT2D eigenvalue weighted by Crippen LogP contribution is -2.43. The van der Waals surface area contributed by atoms with Crippen LogP contribution in [-0.4, -0.2) is 49.4 Å². The molecule has 0 saturated heterocycles. The molecule has 0 aliphatic rings. The maximum Gasteiger partial charge on any atom is 0.500 e. The van der Waals surface area contributed by atoms with Crippen molar-refractivity contribution in [2.45, 2.75) is 19.0 Å². The van der Waals surface area contributed by atoms with Gasteiger partial charge in [-0.2, -0.15) is 0 Å². The normalized spacial score (nSPS) is 11.2. The second kappa shape index (κ2) is 10.3. The molecule has 0 unspecified atom stereocenters. The summed E-state index contributed by atoms with van der Waals surface area (Å²) in [5.41, 5.74) is 0. The van der Waals surface area contributed by atoms with Gasteiger partial charge < -0.3 is 23.3 Å². The highest BCUT2D eigenvalue weighted by Gasteiger charge is 2.36. The van der Waals surface area contributed by atoms with Crippen LogP contribution in [0.1, 0.15) is 6.42 Å². The number of alkyl carbamates (subject to hydrolysis) is 1. The van der Waals surface area contributed by atoms with E-state index in [4.69, 9.17) is 18.0 Å². The van der Waals surface area contributed by atoms with Crippen LogP contribution in [-0.2, 0) is 24.6 Å². The number of amides is 1. The molecule has 1 N–H and O–H groups in total. The monoisotopic (exact) mass is 329 g/mol. The highest BCUT2D eigenvalue weighted by molar-refractivity contribution is 6.60. The van der Waals surface area contributed by atoms with Gasteiger partial charge in [-0.05, 0) is 6.42 Å². The summed E-state index contributed by atoms with van der Waals surface area (Å²) >= 11 is 0. The zero-order valence-corrected chi connectivity index (χ0v) is 14.4. The molecule has 0 bridgehead atoms. The van der Waals surface area contributed by atoms with Crippen molar-refractivity contribution in [2.24, 2.45) is 0 Å². The molecule has 0 fully saturated rings. The number of hydrogen-bond donors (Lipinski definition) is 1. The summed E-state index contributed by atoms with van der Waals surface area (Å²) in [5, 5.41) is 2.70. The molecule has 0 aliphatic heterocycles. The summed E-state index contributed by atoms with van der Waals surface area (Å²) in [6.07, 6.45) is 4.12. The van der Waals surface area contributed by atoms with E-state index in [1.807, 2.05) is 35.2 Å². The van der Waals surface area contributed by atoms with Crippen molar-refractivity contribution >= 4 is 14.9 Å². The number of rotatable bonds is 10. The third-order valence-electron chi connectivity index (χ3n) is 3.22. The molecule has 1 heterocycles. The highest BCUT2D eigenvalue weighted by atomic mass is 28.4. The van der Waals surface area contributed by atoms with Gasteiger partial charge in [-0.3, -0.25) is 0 Å². The lowest BCUT2D eigenvalue weighted by molar-refractivity contribution is -0.697. The molecule has 22 heavy (non-hydrogen) atoms. The van der Waals surface area contributed by atoms with Crippen molar-refractivity contribution in [3.8, 4) is 0 Å². The van der Waals surface area contributed by atoms with Gasteiger partial charge in [-0.25, -0.2) is 9.36 Å². The fraction of sp³-hybridized carbons (Fsp3) is 0.571. The molecule has 1 rings (SSSR count). The predicted octanol–water partition coefficient (Wildman–Crippen LogP) is 0.968. The fourth-order valence-electron chi connectivity index (χ4n) is 1.93. The van der Waals surface area contributed by atoms with E-state index in [-0.39, 0.29) is 0 Å². The largest absolute Gasteiger partial charge is 0.500 e. The number of nitrogens with one attached hydrogen (secondary N) is 1. The van der Waals surface area contributed by atoms with Crippen molar-refractivity contribution in [1.82, 2.24) is 5.32 Å². The first kappa shape index (κ1) is 18.6. The van der Waals surface area contributed by atoms with E-state index >= 15 is 0 Å². The Morgan fingerprint density at radius 1 is 1.09 bits per heavy atom. The second-order valence-corrected chi connectivity index (χ2v) is 7.67. The second-order valence-electron chi connectivity index (χ2n) is 4.57. The number of carbonyl (C=O) groups is 1. The van der Waals surface area contributed by atoms with Gasteiger partial charge in [0.2, 0.25) is 0 Å². The maximum absolute atomic E-state index is 11.5. The molecule has 1 aromatic heterocycles. The van der Waals surface area contributed by atoms with Crippen LogP contribution in [0.15, 0.2) is 30.6 Å². The van der Waals surface area contributed by atoms with Crippen molar-refractivity contribution in [1.29, 1.82) is 0 Å². The number of nitrogens with zero attached hydrogens (tertiary/aromatic N) is 1. The Kier molecular flexibility index (Phi) is 8.67. The van der Waals surface area contributed by atoms with Gasteiger partial charge in [-0.1, -0.05) is 6.07 Å². The van der Waals surface area contributed by atoms with Crippen LogP contribution < -0.4 is 9.88 Å². The maximum atomic E-state index is 11.5. The Morgan fingerprint density at radius 2 is 1.73 bits per heavy atom. The molecule has 0 aromatic carbocycles. The van der Waals surface area contributed by atoms with Gasteiger partial charge in [0.05, 0.1) is 0 Å². The summed E-state index contributed by atoms with van der Waals surface area (Å²) in [7, 11) is 2.16. The van der Waals surface area contributed by atoms with Gasteiger partial charge in [0, 0.05) is 46.1 Å². The number of aromatic nitrogens is 1. The average Bonchev–Trinajstić information content (AvgIpc) is 2.57. The highest BCUT2D eigenvalue weighted by Crippen LogP contribution is 2.14. The standard InChI is InChI=1S/C14H24N2O5Si/c1-18-22(19-2,20-3)13-7-8-15-14(17)21-12-11-16-9-5-4-6-10-16/h4-6,9-10H,7-8,11-13H2,1-3H3/p+1. The minimum atomic E-state index is -2.55. The molecule has 0 saturated carbocycles. The van der Waals surface area contributed by atoms with Gasteiger partial charge in [-0.15, -0.1) is 0 Å². The number of pyridine rings is 1. The predicted molar refractivity (Wildman–Crippen MR) is 82.2 cm³/mol. The zero-order valence-electron chi connectivity index (χ0n) is 13.4. The quantitative estimate of drug-likeness (QED) is 0.393. The SMILES string of the molecule is CO[Si](CCCNC(=O)OCC[n+]1ccccc1)(OC)OC. The van der Waals surface area contributed by atoms with Crippen LogP contribution in [0.25, 0.3) is 0 Å². The van der Waals surface area contributed by atoms with Gasteiger partial charge in [0.25, 0.3) is 0 Å². The first-order valence-electron chi connectivity index (χ1n) is 7.16. The third-order valence-corrected chi connectivity index (χ3v) is 6.05. The lowest BCUT2D eigenvalue weighted by atomic mass is 10.5. The van der Waals surface area contributed by atoms with E-state index < -0.39 is 14.9 Å². The van der Waals surface area contributed by atoms with Gasteiger partial charge in [0.15, 0.2) is 25.5 Å². The summed E-state index contributed by atoms with van der Waals surface area (Å²) in [6, 6.07) is 6.43. The molecular weight excluding hydrogens is 304 g/mol. The van der Waals surface area contributed by atoms with Crippen LogP contribution in [0.3, 0.4) is 0 Å². The Bertz CT molecular complexity index is 420. The average molecular weight is 329 g/mol. The molecule has 0 radical (unpaired) electrons. The minimum Gasteiger partial charge on any atom is -0.443 e. The molecule has 1 aromatic rings. The molecule has 0 aliphatic carbocycles. The summed E-state index contributed by atoms with van der Waals surface area (Å²) in [4.78, 5) is 11.5. The van der Waals surface area contributed by atoms with E-state index in [1.165, 1.54) is 0 Å². The van der Waals surface area contributed by atoms with Crippen molar-refractivity contribution in [2.75, 3.05) is 34.5 Å². The van der Waals surface area contributed by atoms with Crippen LogP contribution in [0, 0.1) is 0 Å². The Hall–Kier alpha value is -1.48. The summed E-state index contributed by atoms with van der Waals surface area (Å²) in [6.45, 7) is 1.44. The van der Waals surface area contributed by atoms with Crippen LogP contribution in [0.2, 0.25) is 6.04 Å². The Morgan fingerprint density at radius 3 is 2.32 bits per heavy atom. The number of hydrogen-bond acceptors (Lipinski definition) is 5. The van der Waals surface area contributed by atoms with Crippen molar-refractivity contribution < 1.29 is 27.4 Å². The molecular formula is C14H25N2O5Si+. The van der Waals surface area contributed by atoms with Crippen LogP contribution in [0.5, 0.6) is 0 Å².